The average molecular weight is 479 g/mol. The van der Waals surface area contributed by atoms with Gasteiger partial charge in [-0.05, 0) is 99.0 Å². The lowest BCUT2D eigenvalue weighted by atomic mass is 9.81. The molecule has 1 aliphatic rings. The van der Waals surface area contributed by atoms with Crippen LogP contribution in [-0.4, -0.2) is 47.7 Å². The number of nitrogens with zero attached hydrogens (tertiary/aromatic N) is 2. The lowest BCUT2D eigenvalue weighted by Crippen LogP contribution is -2.44. The van der Waals surface area contributed by atoms with Gasteiger partial charge in [-0.2, -0.15) is 0 Å². The van der Waals surface area contributed by atoms with Gasteiger partial charge in [0.25, 0.3) is 0 Å². The van der Waals surface area contributed by atoms with Crippen molar-refractivity contribution in [3.05, 3.63) is 71.4 Å². The number of aliphatic carboxylic acids is 1. The van der Waals surface area contributed by atoms with E-state index in [-0.39, 0.29) is 5.92 Å². The van der Waals surface area contributed by atoms with Gasteiger partial charge in [0.1, 0.15) is 11.9 Å². The first-order valence-corrected chi connectivity index (χ1v) is 12.5. The third kappa shape index (κ3) is 6.17. The van der Waals surface area contributed by atoms with Crippen molar-refractivity contribution in [2.24, 2.45) is 11.8 Å². The Morgan fingerprint density at radius 1 is 1.26 bits per heavy atom. The summed E-state index contributed by atoms with van der Waals surface area (Å²) in [6.07, 6.45) is 4.12. The van der Waals surface area contributed by atoms with Crippen LogP contribution in [-0.2, 0) is 11.2 Å². The van der Waals surface area contributed by atoms with Crippen LogP contribution in [0.3, 0.4) is 0 Å². The van der Waals surface area contributed by atoms with Crippen LogP contribution in [0.25, 0.3) is 10.9 Å². The van der Waals surface area contributed by atoms with E-state index in [2.05, 4.69) is 41.1 Å². The minimum atomic E-state index is -1.17. The standard InChI is InChI=1S/C29H35FN2O3/c1-20-6-3-4-7-21(20)8-5-16-32-17-14-22(26(19-32)29(33)34)9-11-27(30)24-13-15-31-28-12-10-23(35-2)18-25(24)28/h3-4,6-7,10,12-13,15,18,22,26-27H,5,8-9,11,14,16-17,19H2,1-2H3,(H,33,34)/t22-,26+,27?/m1/s1. The fourth-order valence-corrected chi connectivity index (χ4v) is 5.34. The number of benzene rings is 2. The van der Waals surface area contributed by atoms with E-state index in [9.17, 15) is 9.90 Å². The van der Waals surface area contributed by atoms with Crippen LogP contribution in [0, 0.1) is 18.8 Å². The largest absolute Gasteiger partial charge is 0.497 e. The molecule has 0 spiro atoms. The van der Waals surface area contributed by atoms with Gasteiger partial charge in [-0.25, -0.2) is 4.39 Å². The molecule has 1 aromatic heterocycles. The molecule has 0 amide bonds. The molecule has 5 nitrogen and oxygen atoms in total. The molecule has 0 aliphatic carbocycles. The van der Waals surface area contributed by atoms with E-state index < -0.39 is 18.1 Å². The van der Waals surface area contributed by atoms with Crippen molar-refractivity contribution in [1.82, 2.24) is 9.88 Å². The van der Waals surface area contributed by atoms with E-state index >= 15 is 4.39 Å². The molecule has 0 bridgehead atoms. The van der Waals surface area contributed by atoms with Gasteiger partial charge in [-0.1, -0.05) is 24.3 Å². The highest BCUT2D eigenvalue weighted by Gasteiger charge is 2.34. The number of likely N-dealkylation sites (tertiary alicyclic amines) is 1. The minimum absolute atomic E-state index is 0.0130. The smallest absolute Gasteiger partial charge is 0.308 e. The Bertz CT molecular complexity index is 1150. The topological polar surface area (TPSA) is 62.7 Å². The first kappa shape index (κ1) is 25.1. The molecular formula is C29H35FN2O3. The van der Waals surface area contributed by atoms with Crippen molar-refractivity contribution in [2.45, 2.75) is 45.2 Å². The molecule has 1 fully saturated rings. The summed E-state index contributed by atoms with van der Waals surface area (Å²) in [4.78, 5) is 18.7. The molecule has 3 aromatic rings. The molecule has 4 rings (SSSR count). The Labute approximate surface area is 206 Å². The summed E-state index contributed by atoms with van der Waals surface area (Å²) >= 11 is 0. The second-order valence-corrected chi connectivity index (χ2v) is 9.65. The number of halogens is 1. The molecule has 1 aliphatic heterocycles. The van der Waals surface area contributed by atoms with Crippen molar-refractivity contribution in [3.8, 4) is 5.75 Å². The maximum Gasteiger partial charge on any atom is 0.308 e. The Morgan fingerprint density at radius 3 is 2.86 bits per heavy atom. The molecule has 6 heteroatoms. The van der Waals surface area contributed by atoms with E-state index in [1.807, 2.05) is 18.2 Å². The van der Waals surface area contributed by atoms with Crippen LogP contribution >= 0.6 is 0 Å². The number of aromatic nitrogens is 1. The number of ether oxygens (including phenoxy) is 1. The van der Waals surface area contributed by atoms with Crippen LogP contribution in [0.1, 0.15) is 48.5 Å². The van der Waals surface area contributed by atoms with Gasteiger partial charge in [-0.3, -0.25) is 9.78 Å². The van der Waals surface area contributed by atoms with Gasteiger partial charge in [0.2, 0.25) is 0 Å². The van der Waals surface area contributed by atoms with Crippen molar-refractivity contribution >= 4 is 16.9 Å². The number of piperidine rings is 1. The predicted octanol–water partition coefficient (Wildman–Crippen LogP) is 6.00. The summed E-state index contributed by atoms with van der Waals surface area (Å²) in [6, 6.07) is 15.6. The number of carboxylic acid groups (broad SMARTS) is 1. The molecule has 186 valence electrons. The van der Waals surface area contributed by atoms with Crippen molar-refractivity contribution in [2.75, 3.05) is 26.7 Å². The first-order valence-electron chi connectivity index (χ1n) is 12.5. The van der Waals surface area contributed by atoms with Gasteiger partial charge < -0.3 is 14.7 Å². The van der Waals surface area contributed by atoms with E-state index in [0.29, 0.717) is 30.7 Å². The third-order valence-electron chi connectivity index (χ3n) is 7.45. The second kappa shape index (κ2) is 11.6. The molecule has 1 saturated heterocycles. The number of hydrogen-bond acceptors (Lipinski definition) is 4. The number of rotatable bonds is 10. The fourth-order valence-electron chi connectivity index (χ4n) is 5.34. The zero-order chi connectivity index (χ0) is 24.8. The quantitative estimate of drug-likeness (QED) is 0.387. The van der Waals surface area contributed by atoms with Crippen molar-refractivity contribution in [3.63, 3.8) is 0 Å². The van der Waals surface area contributed by atoms with Gasteiger partial charge in [0.15, 0.2) is 0 Å². The number of aryl methyl sites for hydroxylation is 2. The first-order chi connectivity index (χ1) is 17.0. The van der Waals surface area contributed by atoms with Crippen molar-refractivity contribution < 1.29 is 19.0 Å². The number of alkyl halides is 1. The minimum Gasteiger partial charge on any atom is -0.497 e. The molecule has 2 heterocycles. The number of hydrogen-bond donors (Lipinski definition) is 1. The zero-order valence-electron chi connectivity index (χ0n) is 20.6. The Morgan fingerprint density at radius 2 is 2.09 bits per heavy atom. The molecule has 2 aromatic carbocycles. The maximum atomic E-state index is 15.4. The van der Waals surface area contributed by atoms with Crippen molar-refractivity contribution in [1.29, 1.82) is 0 Å². The molecule has 3 atom stereocenters. The Kier molecular flexibility index (Phi) is 8.34. The highest BCUT2D eigenvalue weighted by Crippen LogP contribution is 2.35. The average Bonchev–Trinajstić information content (AvgIpc) is 2.88. The Hall–Kier alpha value is -2.99. The molecule has 0 saturated carbocycles. The van der Waals surface area contributed by atoms with E-state index in [1.165, 1.54) is 11.1 Å². The Balaban J connectivity index is 1.34. The second-order valence-electron chi connectivity index (χ2n) is 9.65. The van der Waals surface area contributed by atoms with Crippen LogP contribution in [0.5, 0.6) is 5.75 Å². The lowest BCUT2D eigenvalue weighted by molar-refractivity contribution is -0.146. The van der Waals surface area contributed by atoms with Crippen LogP contribution in [0.2, 0.25) is 0 Å². The van der Waals surface area contributed by atoms with Gasteiger partial charge in [-0.15, -0.1) is 0 Å². The summed E-state index contributed by atoms with van der Waals surface area (Å²) in [6.45, 7) is 4.43. The summed E-state index contributed by atoms with van der Waals surface area (Å²) in [5.74, 6) is -0.572. The number of carboxylic acids is 1. The predicted molar refractivity (Wildman–Crippen MR) is 137 cm³/mol. The van der Waals surface area contributed by atoms with E-state index in [4.69, 9.17) is 4.74 Å². The normalized spacial score (nSPS) is 19.5. The zero-order valence-corrected chi connectivity index (χ0v) is 20.6. The van der Waals surface area contributed by atoms with Crippen LogP contribution in [0.4, 0.5) is 4.39 Å². The van der Waals surface area contributed by atoms with E-state index in [0.717, 1.165) is 43.3 Å². The molecule has 1 N–H and O–H groups in total. The molecule has 1 unspecified atom stereocenters. The summed E-state index contributed by atoms with van der Waals surface area (Å²) < 4.78 is 20.7. The third-order valence-corrected chi connectivity index (χ3v) is 7.45. The lowest BCUT2D eigenvalue weighted by Gasteiger charge is -2.37. The summed E-state index contributed by atoms with van der Waals surface area (Å²) in [7, 11) is 1.59. The van der Waals surface area contributed by atoms with Gasteiger partial charge >= 0.3 is 5.97 Å². The van der Waals surface area contributed by atoms with Gasteiger partial charge in [0, 0.05) is 18.1 Å². The van der Waals surface area contributed by atoms with Gasteiger partial charge in [0.05, 0.1) is 18.5 Å². The van der Waals surface area contributed by atoms with E-state index in [1.54, 1.807) is 19.4 Å². The monoisotopic (exact) mass is 478 g/mol. The molecule has 35 heavy (non-hydrogen) atoms. The fraction of sp³-hybridized carbons (Fsp3) is 0.448. The number of pyridine rings is 1. The number of fused-ring (bicyclic) bond motifs is 1. The molecular weight excluding hydrogens is 443 g/mol. The highest BCUT2D eigenvalue weighted by molar-refractivity contribution is 5.83. The summed E-state index contributed by atoms with van der Waals surface area (Å²) in [5, 5.41) is 10.7. The van der Waals surface area contributed by atoms with Crippen LogP contribution in [0.15, 0.2) is 54.7 Å². The highest BCUT2D eigenvalue weighted by atomic mass is 19.1. The maximum absolute atomic E-state index is 15.4. The summed E-state index contributed by atoms with van der Waals surface area (Å²) in [5.41, 5.74) is 3.98. The van der Waals surface area contributed by atoms with Crippen LogP contribution < -0.4 is 4.74 Å². The number of carbonyl (C=O) groups is 1. The molecule has 0 radical (unpaired) electrons. The SMILES string of the molecule is COc1ccc2nccc(C(F)CC[C@@H]3CCN(CCCc4ccccc4C)C[C@@H]3C(=O)O)c2c1. The number of methoxy groups -OCH3 is 1.